The molecule has 2 aliphatic rings. The van der Waals surface area contributed by atoms with Crippen LogP contribution in [0, 0.1) is 32.1 Å². The number of urea groups is 1. The van der Waals surface area contributed by atoms with E-state index in [9.17, 15) is 14.4 Å². The molecule has 7 nitrogen and oxygen atoms in total. The second-order valence-electron chi connectivity index (χ2n) is 10.8. The third-order valence-electron chi connectivity index (χ3n) is 7.84. The molecule has 0 unspecified atom stereocenters. The standard InChI is InChI=1S/C26H40N4O3/c1-8-25(5,6)20-9-11-26(12-10-20)23(32)30(24(33)28-26)16-29(7)15-21(31)27-22-18(3)13-17(2)14-19(22)4/h13-14,20H,8-12,15-16H2,1-7H3,(H,27,31)(H,28,33). The number of anilines is 1. The summed E-state index contributed by atoms with van der Waals surface area (Å²) in [5, 5.41) is 5.97. The van der Waals surface area contributed by atoms with Crippen LogP contribution in [0.2, 0.25) is 0 Å². The Morgan fingerprint density at radius 1 is 1.18 bits per heavy atom. The first kappa shape index (κ1) is 25.2. The normalized spacial score (nSPS) is 23.4. The molecule has 0 aromatic heterocycles. The summed E-state index contributed by atoms with van der Waals surface area (Å²) in [5.74, 6) is 0.237. The molecular formula is C26H40N4O3. The minimum Gasteiger partial charge on any atom is -0.324 e. The number of amides is 4. The van der Waals surface area contributed by atoms with Crippen molar-refractivity contribution in [1.29, 1.82) is 0 Å². The van der Waals surface area contributed by atoms with Crippen molar-refractivity contribution in [3.05, 3.63) is 28.8 Å². The molecule has 1 aliphatic heterocycles. The molecule has 3 rings (SSSR count). The lowest BCUT2D eigenvalue weighted by Gasteiger charge is -2.42. The van der Waals surface area contributed by atoms with Gasteiger partial charge in [0.2, 0.25) is 5.91 Å². The summed E-state index contributed by atoms with van der Waals surface area (Å²) in [5.41, 5.74) is 3.47. The largest absolute Gasteiger partial charge is 0.326 e. The number of imide groups is 1. The van der Waals surface area contributed by atoms with Gasteiger partial charge >= 0.3 is 6.03 Å². The molecule has 1 aromatic carbocycles. The average Bonchev–Trinajstić information content (AvgIpc) is 2.95. The van der Waals surface area contributed by atoms with Gasteiger partial charge in [-0.05, 0) is 76.0 Å². The highest BCUT2D eigenvalue weighted by Gasteiger charge is 2.53. The number of benzene rings is 1. The van der Waals surface area contributed by atoms with Crippen molar-refractivity contribution in [2.24, 2.45) is 11.3 Å². The number of hydrogen-bond donors (Lipinski definition) is 2. The first-order valence-corrected chi connectivity index (χ1v) is 12.1. The van der Waals surface area contributed by atoms with Gasteiger partial charge in [-0.2, -0.15) is 0 Å². The molecule has 2 fully saturated rings. The number of aryl methyl sites for hydroxylation is 3. The predicted molar refractivity (Wildman–Crippen MR) is 131 cm³/mol. The monoisotopic (exact) mass is 456 g/mol. The Morgan fingerprint density at radius 3 is 2.30 bits per heavy atom. The lowest BCUT2D eigenvalue weighted by Crippen LogP contribution is -2.51. The summed E-state index contributed by atoms with van der Waals surface area (Å²) < 4.78 is 0. The van der Waals surface area contributed by atoms with E-state index in [0.717, 1.165) is 41.6 Å². The fourth-order valence-electron chi connectivity index (χ4n) is 5.42. The molecule has 0 atom stereocenters. The van der Waals surface area contributed by atoms with Crippen LogP contribution in [-0.4, -0.2) is 53.4 Å². The number of nitrogens with one attached hydrogen (secondary N) is 2. The number of likely N-dealkylation sites (N-methyl/N-ethyl adjacent to an activating group) is 1. The maximum Gasteiger partial charge on any atom is 0.326 e. The van der Waals surface area contributed by atoms with Gasteiger partial charge < -0.3 is 10.6 Å². The van der Waals surface area contributed by atoms with E-state index >= 15 is 0 Å². The molecule has 1 spiro atoms. The molecule has 182 valence electrons. The lowest BCUT2D eigenvalue weighted by molar-refractivity contribution is -0.135. The van der Waals surface area contributed by atoms with E-state index in [2.05, 4.69) is 31.4 Å². The summed E-state index contributed by atoms with van der Waals surface area (Å²) in [6.45, 7) is 12.9. The second kappa shape index (κ2) is 9.45. The quantitative estimate of drug-likeness (QED) is 0.598. The molecule has 0 radical (unpaired) electrons. The molecule has 0 bridgehead atoms. The topological polar surface area (TPSA) is 81.8 Å². The zero-order valence-electron chi connectivity index (χ0n) is 21.3. The van der Waals surface area contributed by atoms with E-state index < -0.39 is 5.54 Å². The Bertz CT molecular complexity index is 908. The highest BCUT2D eigenvalue weighted by atomic mass is 16.2. The van der Waals surface area contributed by atoms with Crippen molar-refractivity contribution in [2.45, 2.75) is 79.2 Å². The fourth-order valence-corrected chi connectivity index (χ4v) is 5.42. The highest BCUT2D eigenvalue weighted by Crippen LogP contribution is 2.45. The maximum absolute atomic E-state index is 13.3. The van der Waals surface area contributed by atoms with Crippen molar-refractivity contribution in [3.63, 3.8) is 0 Å². The van der Waals surface area contributed by atoms with Gasteiger partial charge in [0.05, 0.1) is 13.2 Å². The number of nitrogens with zero attached hydrogens (tertiary/aromatic N) is 2. The van der Waals surface area contributed by atoms with Gasteiger partial charge in [-0.3, -0.25) is 14.5 Å². The van der Waals surface area contributed by atoms with Crippen LogP contribution in [0.25, 0.3) is 0 Å². The first-order valence-electron chi connectivity index (χ1n) is 12.1. The lowest BCUT2D eigenvalue weighted by atomic mass is 9.65. The molecule has 1 saturated heterocycles. The molecule has 4 amide bonds. The van der Waals surface area contributed by atoms with Crippen molar-refractivity contribution in [1.82, 2.24) is 15.1 Å². The van der Waals surface area contributed by atoms with Crippen LogP contribution in [0.5, 0.6) is 0 Å². The Hall–Kier alpha value is -2.41. The van der Waals surface area contributed by atoms with E-state index in [1.807, 2.05) is 32.9 Å². The predicted octanol–water partition coefficient (Wildman–Crippen LogP) is 4.36. The van der Waals surface area contributed by atoms with Crippen molar-refractivity contribution in [3.8, 4) is 0 Å². The van der Waals surface area contributed by atoms with Gasteiger partial charge in [-0.1, -0.05) is 44.9 Å². The van der Waals surface area contributed by atoms with Crippen LogP contribution in [0.4, 0.5) is 10.5 Å². The summed E-state index contributed by atoms with van der Waals surface area (Å²) >= 11 is 0. The van der Waals surface area contributed by atoms with E-state index in [1.165, 1.54) is 4.90 Å². The van der Waals surface area contributed by atoms with E-state index in [1.54, 1.807) is 11.9 Å². The number of hydrogen-bond acceptors (Lipinski definition) is 4. The van der Waals surface area contributed by atoms with Crippen LogP contribution in [-0.2, 0) is 9.59 Å². The van der Waals surface area contributed by atoms with Gasteiger partial charge in [-0.15, -0.1) is 0 Å². The van der Waals surface area contributed by atoms with Gasteiger partial charge in [0.1, 0.15) is 5.54 Å². The molecule has 1 heterocycles. The van der Waals surface area contributed by atoms with E-state index in [-0.39, 0.29) is 36.5 Å². The highest BCUT2D eigenvalue weighted by molar-refractivity contribution is 6.07. The maximum atomic E-state index is 13.3. The molecule has 1 aromatic rings. The van der Waals surface area contributed by atoms with Crippen molar-refractivity contribution in [2.75, 3.05) is 25.6 Å². The fraction of sp³-hybridized carbons (Fsp3) is 0.654. The first-order chi connectivity index (χ1) is 15.4. The second-order valence-corrected chi connectivity index (χ2v) is 10.8. The molecule has 2 N–H and O–H groups in total. The molecule has 7 heteroatoms. The Morgan fingerprint density at radius 2 is 1.76 bits per heavy atom. The SMILES string of the molecule is CCC(C)(C)C1CCC2(CC1)NC(=O)N(CN(C)CC(=O)Nc1c(C)cc(C)cc1C)C2=O. The van der Waals surface area contributed by atoms with Crippen molar-refractivity contribution < 1.29 is 14.4 Å². The van der Waals surface area contributed by atoms with Gasteiger partial charge in [0, 0.05) is 5.69 Å². The number of carbonyl (C=O) groups excluding carboxylic acids is 3. The Kier molecular flexibility index (Phi) is 7.22. The van der Waals surface area contributed by atoms with Gasteiger partial charge in [0.15, 0.2) is 0 Å². The van der Waals surface area contributed by atoms with Crippen LogP contribution >= 0.6 is 0 Å². The summed E-state index contributed by atoms with van der Waals surface area (Å²) in [4.78, 5) is 41.6. The summed E-state index contributed by atoms with van der Waals surface area (Å²) in [7, 11) is 1.75. The number of carbonyl (C=O) groups is 3. The van der Waals surface area contributed by atoms with Gasteiger partial charge in [-0.25, -0.2) is 9.69 Å². The van der Waals surface area contributed by atoms with Crippen LogP contribution < -0.4 is 10.6 Å². The van der Waals surface area contributed by atoms with Crippen LogP contribution in [0.1, 0.15) is 69.6 Å². The summed E-state index contributed by atoms with van der Waals surface area (Å²) in [6.07, 6.45) is 4.34. The minimum atomic E-state index is -0.781. The van der Waals surface area contributed by atoms with Crippen LogP contribution in [0.3, 0.4) is 0 Å². The van der Waals surface area contributed by atoms with Crippen LogP contribution in [0.15, 0.2) is 12.1 Å². The van der Waals surface area contributed by atoms with Gasteiger partial charge in [0.25, 0.3) is 5.91 Å². The van der Waals surface area contributed by atoms with E-state index in [0.29, 0.717) is 18.8 Å². The van der Waals surface area contributed by atoms with Crippen molar-refractivity contribution >= 4 is 23.5 Å². The Balaban J connectivity index is 1.58. The molecule has 1 aliphatic carbocycles. The Labute approximate surface area is 198 Å². The zero-order valence-corrected chi connectivity index (χ0v) is 21.3. The molecule has 33 heavy (non-hydrogen) atoms. The minimum absolute atomic E-state index is 0.0869. The number of rotatable bonds is 7. The third-order valence-corrected chi connectivity index (χ3v) is 7.84. The third kappa shape index (κ3) is 5.24. The zero-order chi connectivity index (χ0) is 24.6. The molecular weight excluding hydrogens is 416 g/mol. The molecule has 1 saturated carbocycles. The summed E-state index contributed by atoms with van der Waals surface area (Å²) in [6, 6.07) is 3.72. The smallest absolute Gasteiger partial charge is 0.324 e. The average molecular weight is 457 g/mol. The van der Waals surface area contributed by atoms with E-state index in [4.69, 9.17) is 0 Å².